The number of hydrogen-bond acceptors (Lipinski definition) is 5. The van der Waals surface area contributed by atoms with Crippen LogP contribution in [0, 0.1) is 28.4 Å². The van der Waals surface area contributed by atoms with Crippen molar-refractivity contribution in [1.29, 1.82) is 5.26 Å². The van der Waals surface area contributed by atoms with Crippen molar-refractivity contribution in [1.82, 2.24) is 20.4 Å². The van der Waals surface area contributed by atoms with Gasteiger partial charge in [0, 0.05) is 10.9 Å². The summed E-state index contributed by atoms with van der Waals surface area (Å²) < 4.78 is 30.4. The molecule has 182 valence electrons. The first-order valence-corrected chi connectivity index (χ1v) is 10.6. The van der Waals surface area contributed by atoms with E-state index in [9.17, 15) is 23.2 Å². The van der Waals surface area contributed by atoms with E-state index >= 15 is 0 Å². The van der Waals surface area contributed by atoms with Gasteiger partial charge in [-0.25, -0.2) is 8.78 Å². The lowest BCUT2D eigenvalue weighted by molar-refractivity contribution is -0.128. The minimum absolute atomic E-state index is 0.0214. The Bertz CT molecular complexity index is 1350. The van der Waals surface area contributed by atoms with Crippen molar-refractivity contribution >= 4 is 28.6 Å². The van der Waals surface area contributed by atoms with Gasteiger partial charge in [0.05, 0.1) is 24.7 Å². The molecule has 1 heterocycles. The summed E-state index contributed by atoms with van der Waals surface area (Å²) in [7, 11) is 0. The molecule has 0 radical (unpaired) electrons. The summed E-state index contributed by atoms with van der Waals surface area (Å²) in [6.07, 6.45) is 0. The molecule has 0 aliphatic heterocycles. The molecule has 0 unspecified atom stereocenters. The number of nitrogens with two attached hydrogens (primary N) is 1. The van der Waals surface area contributed by atoms with Crippen LogP contribution in [-0.2, 0) is 16.1 Å². The van der Waals surface area contributed by atoms with Crippen LogP contribution in [-0.4, -0.2) is 40.1 Å². The number of para-hydroxylation sites is 1. The van der Waals surface area contributed by atoms with Gasteiger partial charge in [0.15, 0.2) is 5.69 Å². The van der Waals surface area contributed by atoms with Gasteiger partial charge in [-0.15, -0.1) is 0 Å². The van der Waals surface area contributed by atoms with Gasteiger partial charge in [-0.2, -0.15) is 10.4 Å². The molecule has 3 amide bonds. The van der Waals surface area contributed by atoms with Gasteiger partial charge in [0.25, 0.3) is 5.91 Å². The largest absolute Gasteiger partial charge is 0.368 e. The molecule has 0 spiro atoms. The van der Waals surface area contributed by atoms with Crippen molar-refractivity contribution in [2.24, 2.45) is 11.1 Å². The zero-order valence-electron chi connectivity index (χ0n) is 19.4. The van der Waals surface area contributed by atoms with Gasteiger partial charge in [-0.1, -0.05) is 39.0 Å². The number of carbonyl (C=O) groups is 3. The van der Waals surface area contributed by atoms with Crippen molar-refractivity contribution in [3.8, 4) is 6.07 Å². The first-order valence-electron chi connectivity index (χ1n) is 10.6. The van der Waals surface area contributed by atoms with Crippen molar-refractivity contribution in [3.63, 3.8) is 0 Å². The zero-order chi connectivity index (χ0) is 25.9. The van der Waals surface area contributed by atoms with E-state index < -0.39 is 47.4 Å². The number of aromatic nitrogens is 2. The lowest BCUT2D eigenvalue weighted by Crippen LogP contribution is -2.54. The first kappa shape index (κ1) is 25.3. The summed E-state index contributed by atoms with van der Waals surface area (Å²) in [4.78, 5) is 36.9. The van der Waals surface area contributed by atoms with Gasteiger partial charge in [0.2, 0.25) is 11.8 Å². The number of nitrogens with zero attached hydrogens (tertiary/aromatic N) is 3. The Morgan fingerprint density at radius 3 is 2.49 bits per heavy atom. The molecule has 2 aromatic carbocycles. The number of hydrogen-bond donors (Lipinski definition) is 3. The highest BCUT2D eigenvalue weighted by atomic mass is 19.1. The van der Waals surface area contributed by atoms with Crippen LogP contribution in [0.15, 0.2) is 36.4 Å². The molecule has 11 heteroatoms. The van der Waals surface area contributed by atoms with Crippen molar-refractivity contribution in [2.75, 3.05) is 6.54 Å². The quantitative estimate of drug-likeness (QED) is 0.472. The lowest BCUT2D eigenvalue weighted by Gasteiger charge is -2.30. The smallest absolute Gasteiger partial charge is 0.273 e. The molecule has 0 saturated carbocycles. The number of benzene rings is 2. The standard InChI is InChI=1S/C24H24F2N6O3/c1-24(2,3)21(23(35)29-11-18(28)33)30-22(34)19-15-5-4-6-16(25)20(15)32(31-19)12-14-8-7-13(10-27)9-17(14)26/h4-9,21H,11-12H2,1-3H3,(H2,28,33)(H,29,35)(H,30,34)/t21-/m1/s1. The van der Waals surface area contributed by atoms with E-state index in [-0.39, 0.29) is 34.3 Å². The molecule has 0 aliphatic carbocycles. The van der Waals surface area contributed by atoms with Gasteiger partial charge in [-0.3, -0.25) is 19.1 Å². The molecule has 1 atom stereocenters. The molecule has 0 saturated heterocycles. The maximum atomic E-state index is 14.8. The van der Waals surface area contributed by atoms with Gasteiger partial charge in [0.1, 0.15) is 23.2 Å². The first-order chi connectivity index (χ1) is 16.4. The highest BCUT2D eigenvalue weighted by molar-refractivity contribution is 6.06. The molecule has 1 aromatic heterocycles. The minimum atomic E-state index is -1.07. The predicted molar refractivity (Wildman–Crippen MR) is 123 cm³/mol. The van der Waals surface area contributed by atoms with Crippen LogP contribution in [0.1, 0.15) is 42.4 Å². The van der Waals surface area contributed by atoms with Crippen molar-refractivity contribution < 1.29 is 23.2 Å². The van der Waals surface area contributed by atoms with Crippen LogP contribution in [0.4, 0.5) is 8.78 Å². The minimum Gasteiger partial charge on any atom is -0.368 e. The third-order valence-corrected chi connectivity index (χ3v) is 5.28. The van der Waals surface area contributed by atoms with Crippen LogP contribution >= 0.6 is 0 Å². The van der Waals surface area contributed by atoms with Crippen LogP contribution in [0.5, 0.6) is 0 Å². The number of rotatable bonds is 7. The molecule has 3 rings (SSSR count). The zero-order valence-corrected chi connectivity index (χ0v) is 19.4. The highest BCUT2D eigenvalue weighted by Crippen LogP contribution is 2.25. The van der Waals surface area contributed by atoms with Gasteiger partial charge < -0.3 is 16.4 Å². The average molecular weight is 482 g/mol. The molecule has 9 nitrogen and oxygen atoms in total. The lowest BCUT2D eigenvalue weighted by atomic mass is 9.86. The third kappa shape index (κ3) is 5.60. The molecular weight excluding hydrogens is 458 g/mol. The summed E-state index contributed by atoms with van der Waals surface area (Å²) in [6.45, 7) is 4.54. The number of nitrogens with one attached hydrogen (secondary N) is 2. The molecule has 3 aromatic rings. The van der Waals surface area contributed by atoms with E-state index in [4.69, 9.17) is 11.0 Å². The van der Waals surface area contributed by atoms with E-state index in [0.29, 0.717) is 0 Å². The summed E-state index contributed by atoms with van der Waals surface area (Å²) in [6, 6.07) is 8.72. The normalized spacial score (nSPS) is 12.1. The molecule has 0 fully saturated rings. The average Bonchev–Trinajstić information content (AvgIpc) is 3.16. The number of amides is 3. The SMILES string of the molecule is CC(C)(C)[C@H](NC(=O)c1nn(Cc2ccc(C#N)cc2F)c2c(F)cccc12)C(=O)NCC(N)=O. The van der Waals surface area contributed by atoms with E-state index in [2.05, 4.69) is 15.7 Å². The fourth-order valence-corrected chi connectivity index (χ4v) is 3.53. The number of primary amides is 1. The second-order valence-electron chi connectivity index (χ2n) is 9.02. The predicted octanol–water partition coefficient (Wildman–Crippen LogP) is 1.98. The van der Waals surface area contributed by atoms with Crippen LogP contribution < -0.4 is 16.4 Å². The van der Waals surface area contributed by atoms with Crippen LogP contribution in [0.3, 0.4) is 0 Å². The Morgan fingerprint density at radius 2 is 1.89 bits per heavy atom. The fraction of sp³-hybridized carbons (Fsp3) is 0.292. The van der Waals surface area contributed by atoms with E-state index in [1.54, 1.807) is 20.8 Å². The molecular formula is C24H24F2N6O3. The number of nitriles is 1. The Morgan fingerprint density at radius 1 is 1.17 bits per heavy atom. The second kappa shape index (κ2) is 9.89. The van der Waals surface area contributed by atoms with Crippen molar-refractivity contribution in [2.45, 2.75) is 33.4 Å². The monoisotopic (exact) mass is 482 g/mol. The Balaban J connectivity index is 1.99. The number of carbonyl (C=O) groups excluding carboxylic acids is 3. The summed E-state index contributed by atoms with van der Waals surface area (Å²) in [5, 5.41) is 18.3. The summed E-state index contributed by atoms with van der Waals surface area (Å²) in [5.74, 6) is -3.47. The molecule has 0 bridgehead atoms. The third-order valence-electron chi connectivity index (χ3n) is 5.28. The Hall–Kier alpha value is -4.33. The number of fused-ring (bicyclic) bond motifs is 1. The topological polar surface area (TPSA) is 143 Å². The fourth-order valence-electron chi connectivity index (χ4n) is 3.53. The van der Waals surface area contributed by atoms with E-state index in [0.717, 1.165) is 10.7 Å². The molecule has 35 heavy (non-hydrogen) atoms. The number of halogens is 2. The maximum absolute atomic E-state index is 14.8. The van der Waals surface area contributed by atoms with Gasteiger partial charge in [-0.05, 0) is 23.6 Å². The highest BCUT2D eigenvalue weighted by Gasteiger charge is 2.34. The molecule has 0 aliphatic rings. The maximum Gasteiger partial charge on any atom is 0.273 e. The van der Waals surface area contributed by atoms with Crippen molar-refractivity contribution in [3.05, 3.63) is 64.9 Å². The van der Waals surface area contributed by atoms with Gasteiger partial charge >= 0.3 is 0 Å². The second-order valence-corrected chi connectivity index (χ2v) is 9.02. The Labute approximate surface area is 199 Å². The van der Waals surface area contributed by atoms with Crippen LogP contribution in [0.25, 0.3) is 10.9 Å². The Kier molecular flexibility index (Phi) is 7.14. The molecule has 4 N–H and O–H groups in total. The van der Waals surface area contributed by atoms with Crippen LogP contribution in [0.2, 0.25) is 0 Å². The van der Waals surface area contributed by atoms with E-state index in [1.807, 2.05) is 6.07 Å². The van der Waals surface area contributed by atoms with E-state index in [1.165, 1.54) is 30.3 Å². The summed E-state index contributed by atoms with van der Waals surface area (Å²) in [5.41, 5.74) is 4.41. The summed E-state index contributed by atoms with van der Waals surface area (Å²) >= 11 is 0.